The van der Waals surface area contributed by atoms with E-state index in [4.69, 9.17) is 5.73 Å². The molecule has 0 bridgehead atoms. The van der Waals surface area contributed by atoms with Crippen molar-refractivity contribution in [3.63, 3.8) is 0 Å². The second kappa shape index (κ2) is 5.99. The first-order valence-electron chi connectivity index (χ1n) is 4.87. The van der Waals surface area contributed by atoms with Gasteiger partial charge in [-0.3, -0.25) is 0 Å². The predicted octanol–water partition coefficient (Wildman–Crippen LogP) is 3.59. The van der Waals surface area contributed by atoms with Gasteiger partial charge in [-0.1, -0.05) is 34.1 Å². The SMILES string of the molecule is C/C(=C\CCCN)c1ccc(Br)cc1. The van der Waals surface area contributed by atoms with Gasteiger partial charge >= 0.3 is 0 Å². The molecule has 0 aliphatic rings. The van der Waals surface area contributed by atoms with Gasteiger partial charge in [0.1, 0.15) is 0 Å². The molecule has 0 aliphatic carbocycles. The van der Waals surface area contributed by atoms with Crippen LogP contribution >= 0.6 is 15.9 Å². The van der Waals surface area contributed by atoms with E-state index in [9.17, 15) is 0 Å². The standard InChI is InChI=1S/C12H16BrN/c1-10(4-2-3-9-14)11-5-7-12(13)8-6-11/h4-8H,2-3,9,14H2,1H3/b10-4+. The number of hydrogen-bond acceptors (Lipinski definition) is 1. The second-order valence-corrected chi connectivity index (χ2v) is 4.24. The Hall–Kier alpha value is -0.600. The number of rotatable bonds is 4. The predicted molar refractivity (Wildman–Crippen MR) is 66.1 cm³/mol. The maximum absolute atomic E-state index is 5.44. The van der Waals surface area contributed by atoms with Crippen molar-refractivity contribution in [2.45, 2.75) is 19.8 Å². The van der Waals surface area contributed by atoms with Crippen LogP contribution in [-0.4, -0.2) is 6.54 Å². The molecule has 1 nitrogen and oxygen atoms in total. The summed E-state index contributed by atoms with van der Waals surface area (Å²) in [5.74, 6) is 0. The molecule has 0 saturated carbocycles. The van der Waals surface area contributed by atoms with Crippen LogP contribution in [0.3, 0.4) is 0 Å². The summed E-state index contributed by atoms with van der Waals surface area (Å²) in [5, 5.41) is 0. The zero-order chi connectivity index (χ0) is 10.4. The fourth-order valence-corrected chi connectivity index (χ4v) is 1.53. The van der Waals surface area contributed by atoms with Gasteiger partial charge in [-0.25, -0.2) is 0 Å². The smallest absolute Gasteiger partial charge is 0.0175 e. The number of benzene rings is 1. The zero-order valence-electron chi connectivity index (χ0n) is 8.46. The van der Waals surface area contributed by atoms with Gasteiger partial charge in [-0.2, -0.15) is 0 Å². The van der Waals surface area contributed by atoms with Crippen LogP contribution in [0.2, 0.25) is 0 Å². The van der Waals surface area contributed by atoms with Crippen molar-refractivity contribution in [2.24, 2.45) is 5.73 Å². The molecule has 0 spiro atoms. The van der Waals surface area contributed by atoms with E-state index in [-0.39, 0.29) is 0 Å². The molecule has 14 heavy (non-hydrogen) atoms. The minimum atomic E-state index is 0.768. The molecule has 1 aromatic carbocycles. The molecule has 0 aromatic heterocycles. The molecule has 2 heteroatoms. The lowest BCUT2D eigenvalue weighted by atomic mass is 10.1. The van der Waals surface area contributed by atoms with Crippen molar-refractivity contribution in [2.75, 3.05) is 6.54 Å². The summed E-state index contributed by atoms with van der Waals surface area (Å²) < 4.78 is 1.12. The zero-order valence-corrected chi connectivity index (χ0v) is 10.0. The molecule has 0 unspecified atom stereocenters. The van der Waals surface area contributed by atoms with Crippen molar-refractivity contribution in [3.8, 4) is 0 Å². The van der Waals surface area contributed by atoms with Crippen LogP contribution in [0.1, 0.15) is 25.3 Å². The van der Waals surface area contributed by atoms with Gasteiger partial charge in [-0.05, 0) is 49.6 Å². The third-order valence-electron chi connectivity index (χ3n) is 2.16. The monoisotopic (exact) mass is 253 g/mol. The third-order valence-corrected chi connectivity index (χ3v) is 2.69. The molecule has 1 aromatic rings. The Morgan fingerprint density at radius 2 is 2.00 bits per heavy atom. The highest BCUT2D eigenvalue weighted by Gasteiger charge is 1.94. The number of halogens is 1. The van der Waals surface area contributed by atoms with Gasteiger partial charge in [0.2, 0.25) is 0 Å². The molecule has 0 aliphatic heterocycles. The van der Waals surface area contributed by atoms with E-state index in [0.29, 0.717) is 0 Å². The van der Waals surface area contributed by atoms with Crippen molar-refractivity contribution >= 4 is 21.5 Å². The first-order chi connectivity index (χ1) is 6.74. The summed E-state index contributed by atoms with van der Waals surface area (Å²) in [7, 11) is 0. The molecular weight excluding hydrogens is 238 g/mol. The largest absolute Gasteiger partial charge is 0.330 e. The maximum atomic E-state index is 5.44. The molecule has 0 atom stereocenters. The molecule has 0 radical (unpaired) electrons. The number of allylic oxidation sites excluding steroid dienone is 2. The van der Waals surface area contributed by atoms with Crippen LogP contribution in [0.5, 0.6) is 0 Å². The Morgan fingerprint density at radius 1 is 1.36 bits per heavy atom. The van der Waals surface area contributed by atoms with Gasteiger partial charge in [0, 0.05) is 4.47 Å². The summed E-state index contributed by atoms with van der Waals surface area (Å²) in [6, 6.07) is 8.38. The molecule has 0 fully saturated rings. The van der Waals surface area contributed by atoms with E-state index >= 15 is 0 Å². The molecule has 0 amide bonds. The van der Waals surface area contributed by atoms with E-state index in [2.05, 4.69) is 53.2 Å². The van der Waals surface area contributed by atoms with Crippen molar-refractivity contribution in [1.82, 2.24) is 0 Å². The number of hydrogen-bond donors (Lipinski definition) is 1. The van der Waals surface area contributed by atoms with Crippen molar-refractivity contribution in [3.05, 3.63) is 40.4 Å². The highest BCUT2D eigenvalue weighted by atomic mass is 79.9. The third kappa shape index (κ3) is 3.64. The fourth-order valence-electron chi connectivity index (χ4n) is 1.27. The Kier molecular flexibility index (Phi) is 4.91. The number of nitrogens with two attached hydrogens (primary N) is 1. The lowest BCUT2D eigenvalue weighted by Gasteiger charge is -2.01. The summed E-state index contributed by atoms with van der Waals surface area (Å²) >= 11 is 3.42. The van der Waals surface area contributed by atoms with Crippen LogP contribution in [0.15, 0.2) is 34.8 Å². The quantitative estimate of drug-likeness (QED) is 0.816. The van der Waals surface area contributed by atoms with E-state index in [1.807, 2.05) is 0 Å². The molecular formula is C12H16BrN. The fraction of sp³-hybridized carbons (Fsp3) is 0.333. The summed E-state index contributed by atoms with van der Waals surface area (Å²) in [4.78, 5) is 0. The van der Waals surface area contributed by atoms with Gasteiger partial charge in [0.15, 0.2) is 0 Å². The molecule has 2 N–H and O–H groups in total. The molecule has 0 saturated heterocycles. The normalized spacial score (nSPS) is 11.8. The highest BCUT2D eigenvalue weighted by Crippen LogP contribution is 2.17. The lowest BCUT2D eigenvalue weighted by Crippen LogP contribution is -1.96. The number of unbranched alkanes of at least 4 members (excludes halogenated alkanes) is 1. The molecule has 76 valence electrons. The van der Waals surface area contributed by atoms with Crippen molar-refractivity contribution in [1.29, 1.82) is 0 Å². The average Bonchev–Trinajstić information content (AvgIpc) is 2.19. The Morgan fingerprint density at radius 3 is 2.57 bits per heavy atom. The van der Waals surface area contributed by atoms with Gasteiger partial charge in [0.25, 0.3) is 0 Å². The summed E-state index contributed by atoms with van der Waals surface area (Å²) in [5.41, 5.74) is 8.05. The molecule has 1 rings (SSSR count). The van der Waals surface area contributed by atoms with Gasteiger partial charge < -0.3 is 5.73 Å². The second-order valence-electron chi connectivity index (χ2n) is 3.32. The maximum Gasteiger partial charge on any atom is 0.0175 e. The lowest BCUT2D eigenvalue weighted by molar-refractivity contribution is 0.855. The van der Waals surface area contributed by atoms with Crippen LogP contribution < -0.4 is 5.73 Å². The Bertz CT molecular complexity index is 301. The van der Waals surface area contributed by atoms with Gasteiger partial charge in [0.05, 0.1) is 0 Å². The van der Waals surface area contributed by atoms with Gasteiger partial charge in [-0.15, -0.1) is 0 Å². The Labute approximate surface area is 94.1 Å². The van der Waals surface area contributed by atoms with Crippen LogP contribution in [0.25, 0.3) is 5.57 Å². The van der Waals surface area contributed by atoms with E-state index in [1.54, 1.807) is 0 Å². The van der Waals surface area contributed by atoms with Crippen LogP contribution in [-0.2, 0) is 0 Å². The highest BCUT2D eigenvalue weighted by molar-refractivity contribution is 9.10. The van der Waals surface area contributed by atoms with Crippen LogP contribution in [0.4, 0.5) is 0 Å². The van der Waals surface area contributed by atoms with E-state index in [1.165, 1.54) is 11.1 Å². The van der Waals surface area contributed by atoms with Crippen molar-refractivity contribution < 1.29 is 0 Å². The summed E-state index contributed by atoms with van der Waals surface area (Å²) in [6.07, 6.45) is 4.38. The first-order valence-corrected chi connectivity index (χ1v) is 5.66. The Balaban J connectivity index is 2.64. The average molecular weight is 254 g/mol. The molecule has 0 heterocycles. The topological polar surface area (TPSA) is 26.0 Å². The van der Waals surface area contributed by atoms with E-state index < -0.39 is 0 Å². The van der Waals surface area contributed by atoms with Crippen LogP contribution in [0, 0.1) is 0 Å². The minimum absolute atomic E-state index is 0.768. The minimum Gasteiger partial charge on any atom is -0.330 e. The first kappa shape index (κ1) is 11.5. The van der Waals surface area contributed by atoms with E-state index in [0.717, 1.165) is 23.9 Å². The summed E-state index contributed by atoms with van der Waals surface area (Å²) in [6.45, 7) is 2.91.